The number of aliphatic hydroxyl groups excluding tert-OH is 1. The maximum Gasteiger partial charge on any atom is 0.231 e. The van der Waals surface area contributed by atoms with E-state index >= 15 is 0 Å². The van der Waals surface area contributed by atoms with Gasteiger partial charge in [-0.15, -0.1) is 0 Å². The van der Waals surface area contributed by atoms with Gasteiger partial charge in [0.1, 0.15) is 0 Å². The molecule has 4 aliphatic heterocycles. The van der Waals surface area contributed by atoms with Crippen LogP contribution in [-0.4, -0.2) is 36.0 Å². The molecule has 0 radical (unpaired) electrons. The van der Waals surface area contributed by atoms with E-state index in [1.807, 2.05) is 18.2 Å². The quantitative estimate of drug-likeness (QED) is 0.835. The first kappa shape index (κ1) is 11.2. The normalized spacial score (nSPS) is 30.2. The standard InChI is InChI=1S/C15H17NO3/c17-15-11-3-5-16(6-4-11)12(15)7-10-1-2-13-14(8-10)19-9-18-13/h1-2,7-8,11,15,17H,3-6,9H2/b12-7-. The average Bonchev–Trinajstić information content (AvgIpc) is 2.91. The second-order valence-corrected chi connectivity index (χ2v) is 5.45. The van der Waals surface area contributed by atoms with E-state index in [4.69, 9.17) is 9.47 Å². The minimum absolute atomic E-state index is 0.298. The second kappa shape index (κ2) is 4.17. The van der Waals surface area contributed by atoms with Crippen molar-refractivity contribution in [3.05, 3.63) is 29.5 Å². The Kier molecular flexibility index (Phi) is 2.45. The van der Waals surface area contributed by atoms with Crippen molar-refractivity contribution in [1.82, 2.24) is 4.90 Å². The van der Waals surface area contributed by atoms with E-state index in [1.165, 1.54) is 0 Å². The maximum atomic E-state index is 10.3. The molecule has 1 aromatic rings. The van der Waals surface area contributed by atoms with E-state index < -0.39 is 0 Å². The molecule has 4 nitrogen and oxygen atoms in total. The van der Waals surface area contributed by atoms with Gasteiger partial charge in [0.25, 0.3) is 0 Å². The smallest absolute Gasteiger partial charge is 0.231 e. The van der Waals surface area contributed by atoms with E-state index in [1.54, 1.807) is 0 Å². The van der Waals surface area contributed by atoms with Gasteiger partial charge in [-0.05, 0) is 42.5 Å². The first-order valence-electron chi connectivity index (χ1n) is 6.85. The minimum Gasteiger partial charge on any atom is -0.454 e. The summed E-state index contributed by atoms with van der Waals surface area (Å²) in [5, 5.41) is 10.3. The zero-order chi connectivity index (χ0) is 12.8. The summed E-state index contributed by atoms with van der Waals surface area (Å²) >= 11 is 0. The number of aliphatic hydroxyl groups is 1. The van der Waals surface area contributed by atoms with Crippen molar-refractivity contribution in [3.8, 4) is 11.5 Å². The Hall–Kier alpha value is -1.68. The number of rotatable bonds is 1. The molecule has 0 spiro atoms. The SMILES string of the molecule is OC1/C(=C/c2ccc3c(c2)OCO3)N2CCC1CC2. The summed E-state index contributed by atoms with van der Waals surface area (Å²) in [5.41, 5.74) is 2.12. The zero-order valence-electron chi connectivity index (χ0n) is 10.7. The van der Waals surface area contributed by atoms with Crippen LogP contribution in [0.25, 0.3) is 6.08 Å². The van der Waals surface area contributed by atoms with Crippen LogP contribution in [0.1, 0.15) is 18.4 Å². The van der Waals surface area contributed by atoms with Crippen molar-refractivity contribution in [2.24, 2.45) is 5.92 Å². The highest BCUT2D eigenvalue weighted by molar-refractivity contribution is 5.59. The third-order valence-electron chi connectivity index (χ3n) is 4.37. The lowest BCUT2D eigenvalue weighted by Gasteiger charge is -2.45. The second-order valence-electron chi connectivity index (χ2n) is 5.45. The Morgan fingerprint density at radius 1 is 1.16 bits per heavy atom. The van der Waals surface area contributed by atoms with Gasteiger partial charge in [0.15, 0.2) is 11.5 Å². The summed E-state index contributed by atoms with van der Waals surface area (Å²) in [6, 6.07) is 5.92. The van der Waals surface area contributed by atoms with Crippen LogP contribution in [0.4, 0.5) is 0 Å². The molecule has 4 aliphatic rings. The molecule has 0 aliphatic carbocycles. The van der Waals surface area contributed by atoms with Crippen LogP contribution in [0, 0.1) is 5.92 Å². The number of fused-ring (bicyclic) bond motifs is 4. The highest BCUT2D eigenvalue weighted by atomic mass is 16.7. The van der Waals surface area contributed by atoms with Crippen LogP contribution in [0.5, 0.6) is 11.5 Å². The number of hydrogen-bond acceptors (Lipinski definition) is 4. The van der Waals surface area contributed by atoms with Gasteiger partial charge in [0.05, 0.1) is 6.10 Å². The molecule has 5 rings (SSSR count). The molecule has 3 saturated heterocycles. The van der Waals surface area contributed by atoms with Gasteiger partial charge in [-0.3, -0.25) is 0 Å². The first-order chi connectivity index (χ1) is 9.31. The summed E-state index contributed by atoms with van der Waals surface area (Å²) in [4.78, 5) is 2.30. The van der Waals surface area contributed by atoms with E-state index in [0.29, 0.717) is 12.7 Å². The van der Waals surface area contributed by atoms with Crippen molar-refractivity contribution in [1.29, 1.82) is 0 Å². The summed E-state index contributed by atoms with van der Waals surface area (Å²) < 4.78 is 10.7. The highest BCUT2D eigenvalue weighted by Crippen LogP contribution is 2.37. The lowest BCUT2D eigenvalue weighted by molar-refractivity contribution is 0.0215. The average molecular weight is 259 g/mol. The fourth-order valence-corrected chi connectivity index (χ4v) is 3.25. The molecule has 0 saturated carbocycles. The molecule has 4 heterocycles. The molecule has 1 aromatic carbocycles. The summed E-state index contributed by atoms with van der Waals surface area (Å²) in [6.45, 7) is 2.43. The Labute approximate surface area is 112 Å². The van der Waals surface area contributed by atoms with E-state index in [0.717, 1.165) is 48.7 Å². The van der Waals surface area contributed by atoms with Gasteiger partial charge in [0, 0.05) is 18.8 Å². The number of benzene rings is 1. The fourth-order valence-electron chi connectivity index (χ4n) is 3.25. The largest absolute Gasteiger partial charge is 0.454 e. The third kappa shape index (κ3) is 1.78. The predicted octanol–water partition coefficient (Wildman–Crippen LogP) is 1.84. The molecular weight excluding hydrogens is 242 g/mol. The van der Waals surface area contributed by atoms with Crippen molar-refractivity contribution in [3.63, 3.8) is 0 Å². The minimum atomic E-state index is -0.312. The molecule has 100 valence electrons. The molecule has 1 atom stereocenters. The van der Waals surface area contributed by atoms with E-state index in [9.17, 15) is 5.11 Å². The number of piperidine rings is 3. The summed E-state index contributed by atoms with van der Waals surface area (Å²) in [6.07, 6.45) is 3.99. The number of ether oxygens (including phenoxy) is 2. The monoisotopic (exact) mass is 259 g/mol. The van der Waals surface area contributed by atoms with Crippen LogP contribution < -0.4 is 9.47 Å². The molecule has 1 unspecified atom stereocenters. The topological polar surface area (TPSA) is 41.9 Å². The van der Waals surface area contributed by atoms with Gasteiger partial charge < -0.3 is 19.5 Å². The van der Waals surface area contributed by atoms with Crippen molar-refractivity contribution in [2.75, 3.05) is 19.9 Å². The maximum absolute atomic E-state index is 10.3. The molecule has 0 aromatic heterocycles. The van der Waals surface area contributed by atoms with Crippen LogP contribution in [-0.2, 0) is 0 Å². The number of hydrogen-bond donors (Lipinski definition) is 1. The Bertz CT molecular complexity index is 528. The van der Waals surface area contributed by atoms with Crippen LogP contribution in [0.15, 0.2) is 23.9 Å². The first-order valence-corrected chi connectivity index (χ1v) is 6.85. The third-order valence-corrected chi connectivity index (χ3v) is 4.37. The Balaban J connectivity index is 1.68. The van der Waals surface area contributed by atoms with Gasteiger partial charge in [-0.2, -0.15) is 0 Å². The molecule has 3 fully saturated rings. The van der Waals surface area contributed by atoms with Gasteiger partial charge in [-0.1, -0.05) is 6.07 Å². The number of nitrogens with zero attached hydrogens (tertiary/aromatic N) is 1. The molecular formula is C15H17NO3. The Morgan fingerprint density at radius 2 is 1.95 bits per heavy atom. The predicted molar refractivity (Wildman–Crippen MR) is 70.8 cm³/mol. The van der Waals surface area contributed by atoms with Crippen LogP contribution in [0.2, 0.25) is 0 Å². The fraction of sp³-hybridized carbons (Fsp3) is 0.467. The molecule has 19 heavy (non-hydrogen) atoms. The van der Waals surface area contributed by atoms with Gasteiger partial charge in [0.2, 0.25) is 6.79 Å². The van der Waals surface area contributed by atoms with E-state index in [-0.39, 0.29) is 6.10 Å². The van der Waals surface area contributed by atoms with E-state index in [2.05, 4.69) is 11.0 Å². The van der Waals surface area contributed by atoms with Crippen molar-refractivity contribution >= 4 is 6.08 Å². The molecule has 2 bridgehead atoms. The van der Waals surface area contributed by atoms with Crippen LogP contribution in [0.3, 0.4) is 0 Å². The van der Waals surface area contributed by atoms with Crippen molar-refractivity contribution < 1.29 is 14.6 Å². The van der Waals surface area contributed by atoms with Gasteiger partial charge in [-0.25, -0.2) is 0 Å². The summed E-state index contributed by atoms with van der Waals surface area (Å²) in [5.74, 6) is 2.03. The van der Waals surface area contributed by atoms with Gasteiger partial charge >= 0.3 is 0 Å². The Morgan fingerprint density at radius 3 is 2.74 bits per heavy atom. The molecule has 0 amide bonds. The molecule has 4 heteroatoms. The van der Waals surface area contributed by atoms with Crippen LogP contribution >= 0.6 is 0 Å². The lowest BCUT2D eigenvalue weighted by Crippen LogP contribution is -2.48. The molecule has 1 N–H and O–H groups in total. The zero-order valence-corrected chi connectivity index (χ0v) is 10.7. The summed E-state index contributed by atoms with van der Waals surface area (Å²) in [7, 11) is 0. The van der Waals surface area contributed by atoms with Crippen molar-refractivity contribution in [2.45, 2.75) is 18.9 Å². The highest BCUT2D eigenvalue weighted by Gasteiger charge is 2.36. The lowest BCUT2D eigenvalue weighted by atomic mass is 9.83.